The number of hydrogen-bond acceptors (Lipinski definition) is 2. The fourth-order valence-electron chi connectivity index (χ4n) is 3.66. The van der Waals surface area contributed by atoms with E-state index in [0.29, 0.717) is 5.41 Å². The number of piperidine rings is 1. The Morgan fingerprint density at radius 3 is 2.58 bits per heavy atom. The van der Waals surface area contributed by atoms with Crippen molar-refractivity contribution in [3.8, 4) is 0 Å². The second kappa shape index (κ2) is 7.28. The summed E-state index contributed by atoms with van der Waals surface area (Å²) in [7, 11) is 0. The van der Waals surface area contributed by atoms with Crippen LogP contribution in [-0.4, -0.2) is 25.5 Å². The molecule has 0 spiro atoms. The molecule has 1 heterocycles. The highest BCUT2D eigenvalue weighted by molar-refractivity contribution is 5.75. The van der Waals surface area contributed by atoms with E-state index in [1.54, 1.807) is 0 Å². The number of carbonyl (C=O) groups excluding carboxylic acids is 1. The first-order valence-corrected chi connectivity index (χ1v) is 8.21. The van der Waals surface area contributed by atoms with E-state index in [9.17, 15) is 4.79 Å². The van der Waals surface area contributed by atoms with Gasteiger partial charge in [0.25, 0.3) is 0 Å². The molecule has 19 heavy (non-hydrogen) atoms. The topological polar surface area (TPSA) is 41.1 Å². The maximum atomic E-state index is 12.0. The summed E-state index contributed by atoms with van der Waals surface area (Å²) in [6, 6.07) is 0. The summed E-state index contributed by atoms with van der Waals surface area (Å²) in [6.45, 7) is 5.44. The Kier molecular flexibility index (Phi) is 5.68. The van der Waals surface area contributed by atoms with Crippen LogP contribution in [0.1, 0.15) is 64.7 Å². The largest absolute Gasteiger partial charge is 0.356 e. The first-order valence-electron chi connectivity index (χ1n) is 8.21. The second-order valence-corrected chi connectivity index (χ2v) is 6.57. The minimum atomic E-state index is 0.276. The fraction of sp³-hybridized carbons (Fsp3) is 0.938. The molecule has 0 bridgehead atoms. The van der Waals surface area contributed by atoms with E-state index in [-0.39, 0.29) is 5.91 Å². The van der Waals surface area contributed by atoms with E-state index in [2.05, 4.69) is 17.6 Å². The number of carbonyl (C=O) groups is 1. The third-order valence-corrected chi connectivity index (χ3v) is 5.31. The van der Waals surface area contributed by atoms with Gasteiger partial charge in [-0.05, 0) is 62.9 Å². The van der Waals surface area contributed by atoms with Crippen molar-refractivity contribution in [1.82, 2.24) is 10.6 Å². The quantitative estimate of drug-likeness (QED) is 0.776. The summed E-state index contributed by atoms with van der Waals surface area (Å²) in [5.74, 6) is 1.04. The lowest BCUT2D eigenvalue weighted by Crippen LogP contribution is -2.36. The molecule has 2 aliphatic rings. The van der Waals surface area contributed by atoms with Crippen molar-refractivity contribution in [3.63, 3.8) is 0 Å². The third kappa shape index (κ3) is 4.48. The molecular weight excluding hydrogens is 236 g/mol. The van der Waals surface area contributed by atoms with E-state index < -0.39 is 0 Å². The van der Waals surface area contributed by atoms with E-state index >= 15 is 0 Å². The predicted octanol–water partition coefficient (Wildman–Crippen LogP) is 2.85. The number of rotatable bonds is 6. The Morgan fingerprint density at radius 2 is 1.95 bits per heavy atom. The van der Waals surface area contributed by atoms with Crippen molar-refractivity contribution in [2.45, 2.75) is 64.7 Å². The molecule has 0 radical (unpaired) electrons. The average molecular weight is 266 g/mol. The molecule has 0 aromatic rings. The Hall–Kier alpha value is -0.570. The fourth-order valence-corrected chi connectivity index (χ4v) is 3.66. The molecule has 2 fully saturated rings. The van der Waals surface area contributed by atoms with Crippen LogP contribution in [0.15, 0.2) is 0 Å². The normalized spacial score (nSPS) is 23.4. The van der Waals surface area contributed by atoms with Crippen molar-refractivity contribution in [1.29, 1.82) is 0 Å². The van der Waals surface area contributed by atoms with Gasteiger partial charge in [-0.1, -0.05) is 19.8 Å². The van der Waals surface area contributed by atoms with Crippen molar-refractivity contribution in [3.05, 3.63) is 0 Å². The van der Waals surface area contributed by atoms with Crippen LogP contribution >= 0.6 is 0 Å². The van der Waals surface area contributed by atoms with Crippen LogP contribution in [0, 0.1) is 11.3 Å². The second-order valence-electron chi connectivity index (χ2n) is 6.57. The van der Waals surface area contributed by atoms with Crippen LogP contribution in [0.4, 0.5) is 0 Å². The average Bonchev–Trinajstić information content (AvgIpc) is 2.93. The first-order chi connectivity index (χ1) is 9.24. The Balaban J connectivity index is 1.63. The molecule has 2 N–H and O–H groups in total. The number of amides is 1. The third-order valence-electron chi connectivity index (χ3n) is 5.31. The van der Waals surface area contributed by atoms with E-state index in [1.807, 2.05) is 0 Å². The maximum Gasteiger partial charge on any atom is 0.220 e. The van der Waals surface area contributed by atoms with Gasteiger partial charge in [0.15, 0.2) is 0 Å². The van der Waals surface area contributed by atoms with Crippen LogP contribution in [0.2, 0.25) is 0 Å². The standard InChI is InChI=1S/C16H30N2O/c1-2-16(9-3-4-10-16)13-18-15(19)6-5-14-7-11-17-12-8-14/h14,17H,2-13H2,1H3,(H,18,19). The van der Waals surface area contributed by atoms with Crippen LogP contribution in [-0.2, 0) is 4.79 Å². The molecule has 0 aromatic heterocycles. The van der Waals surface area contributed by atoms with Gasteiger partial charge in [0.1, 0.15) is 0 Å². The van der Waals surface area contributed by atoms with Gasteiger partial charge in [-0.3, -0.25) is 4.79 Å². The van der Waals surface area contributed by atoms with E-state index in [1.165, 1.54) is 44.9 Å². The molecule has 0 aromatic carbocycles. The Bertz CT molecular complexity index is 278. The molecule has 110 valence electrons. The highest BCUT2D eigenvalue weighted by atomic mass is 16.1. The molecule has 1 saturated carbocycles. The maximum absolute atomic E-state index is 12.0. The molecule has 0 atom stereocenters. The minimum absolute atomic E-state index is 0.276. The Morgan fingerprint density at radius 1 is 1.26 bits per heavy atom. The smallest absolute Gasteiger partial charge is 0.220 e. The molecule has 1 aliphatic heterocycles. The van der Waals surface area contributed by atoms with Gasteiger partial charge in [-0.25, -0.2) is 0 Å². The lowest BCUT2D eigenvalue weighted by Gasteiger charge is -2.28. The highest BCUT2D eigenvalue weighted by Gasteiger charge is 2.32. The van der Waals surface area contributed by atoms with Gasteiger partial charge in [-0.15, -0.1) is 0 Å². The molecule has 1 aliphatic carbocycles. The number of hydrogen-bond donors (Lipinski definition) is 2. The summed E-state index contributed by atoms with van der Waals surface area (Å²) in [6.07, 6.45) is 10.8. The summed E-state index contributed by atoms with van der Waals surface area (Å²) >= 11 is 0. The van der Waals surface area contributed by atoms with Crippen LogP contribution in [0.5, 0.6) is 0 Å². The van der Waals surface area contributed by atoms with Gasteiger partial charge in [0.2, 0.25) is 5.91 Å². The van der Waals surface area contributed by atoms with Gasteiger partial charge in [-0.2, -0.15) is 0 Å². The first kappa shape index (κ1) is 14.8. The van der Waals surface area contributed by atoms with Crippen molar-refractivity contribution < 1.29 is 4.79 Å². The van der Waals surface area contributed by atoms with Crippen LogP contribution in [0.25, 0.3) is 0 Å². The van der Waals surface area contributed by atoms with Crippen molar-refractivity contribution in [2.75, 3.05) is 19.6 Å². The lowest BCUT2D eigenvalue weighted by molar-refractivity contribution is -0.122. The molecule has 2 rings (SSSR count). The summed E-state index contributed by atoms with van der Waals surface area (Å²) in [5, 5.41) is 6.58. The molecule has 3 heteroatoms. The summed E-state index contributed by atoms with van der Waals surface area (Å²) in [5.41, 5.74) is 0.421. The summed E-state index contributed by atoms with van der Waals surface area (Å²) < 4.78 is 0. The van der Waals surface area contributed by atoms with Crippen LogP contribution < -0.4 is 10.6 Å². The zero-order chi connectivity index (χ0) is 13.6. The lowest BCUT2D eigenvalue weighted by atomic mass is 9.83. The molecular formula is C16H30N2O. The molecule has 0 unspecified atom stereocenters. The van der Waals surface area contributed by atoms with Crippen molar-refractivity contribution >= 4 is 5.91 Å². The molecule has 3 nitrogen and oxygen atoms in total. The Labute approximate surface area is 117 Å². The zero-order valence-corrected chi connectivity index (χ0v) is 12.5. The van der Waals surface area contributed by atoms with E-state index in [0.717, 1.165) is 38.4 Å². The van der Waals surface area contributed by atoms with Gasteiger partial charge < -0.3 is 10.6 Å². The number of nitrogens with one attached hydrogen (secondary N) is 2. The van der Waals surface area contributed by atoms with Crippen LogP contribution in [0.3, 0.4) is 0 Å². The molecule has 1 amide bonds. The SMILES string of the molecule is CCC1(CNC(=O)CCC2CCNCC2)CCCC1. The monoisotopic (exact) mass is 266 g/mol. The van der Waals surface area contributed by atoms with Crippen molar-refractivity contribution in [2.24, 2.45) is 11.3 Å². The summed E-state index contributed by atoms with van der Waals surface area (Å²) in [4.78, 5) is 12.0. The predicted molar refractivity (Wildman–Crippen MR) is 79.0 cm³/mol. The van der Waals surface area contributed by atoms with Gasteiger partial charge in [0.05, 0.1) is 0 Å². The zero-order valence-electron chi connectivity index (χ0n) is 12.5. The van der Waals surface area contributed by atoms with Gasteiger partial charge >= 0.3 is 0 Å². The minimum Gasteiger partial charge on any atom is -0.356 e. The van der Waals surface area contributed by atoms with E-state index in [4.69, 9.17) is 0 Å². The molecule has 1 saturated heterocycles. The highest BCUT2D eigenvalue weighted by Crippen LogP contribution is 2.40. The van der Waals surface area contributed by atoms with Gasteiger partial charge in [0, 0.05) is 13.0 Å².